The molecule has 0 aromatic heterocycles. The number of aromatic carboxylic acids is 1. The predicted molar refractivity (Wildman–Crippen MR) is 176 cm³/mol. The summed E-state index contributed by atoms with van der Waals surface area (Å²) in [5.41, 5.74) is 5.31. The first-order valence-corrected chi connectivity index (χ1v) is 16.2. The molecule has 1 saturated heterocycles. The maximum Gasteiger partial charge on any atom is 0.335 e. The van der Waals surface area contributed by atoms with Gasteiger partial charge in [-0.2, -0.15) is 0 Å². The molecule has 1 aliphatic heterocycles. The zero-order chi connectivity index (χ0) is 31.1. The molecule has 0 radical (unpaired) electrons. The second-order valence-corrected chi connectivity index (χ2v) is 12.0. The Morgan fingerprint density at radius 2 is 1.55 bits per heavy atom. The number of rotatable bonds is 18. The Hall–Kier alpha value is -3.84. The van der Waals surface area contributed by atoms with Crippen molar-refractivity contribution >= 4 is 17.6 Å². The molecule has 7 heteroatoms. The number of ether oxygens (including phenoxy) is 1. The lowest BCUT2D eigenvalue weighted by atomic mass is 9.88. The number of hydrogen-bond donors (Lipinski definition) is 2. The van der Waals surface area contributed by atoms with E-state index in [4.69, 9.17) is 9.84 Å². The first kappa shape index (κ1) is 33.1. The number of hydrogen-bond acceptors (Lipinski definition) is 5. The van der Waals surface area contributed by atoms with Gasteiger partial charge in [-0.05, 0) is 98.9 Å². The second-order valence-electron chi connectivity index (χ2n) is 12.0. The molecule has 4 rings (SSSR count). The Balaban J connectivity index is 1.21. The molecule has 0 bridgehead atoms. The monoisotopic (exact) mass is 600 g/mol. The van der Waals surface area contributed by atoms with Gasteiger partial charge in [-0.15, -0.1) is 0 Å². The van der Waals surface area contributed by atoms with E-state index in [0.717, 1.165) is 89.0 Å². The molecule has 44 heavy (non-hydrogen) atoms. The molecule has 0 spiro atoms. The van der Waals surface area contributed by atoms with Gasteiger partial charge in [-0.3, -0.25) is 9.69 Å². The third-order valence-electron chi connectivity index (χ3n) is 8.73. The van der Waals surface area contributed by atoms with Gasteiger partial charge in [0.25, 0.3) is 0 Å². The van der Waals surface area contributed by atoms with E-state index < -0.39 is 11.9 Å². The van der Waals surface area contributed by atoms with E-state index in [1.54, 1.807) is 12.1 Å². The summed E-state index contributed by atoms with van der Waals surface area (Å²) in [6.45, 7) is 8.33. The minimum atomic E-state index is -0.921. The molecule has 0 aliphatic carbocycles. The maximum atomic E-state index is 11.2. The number of para-hydroxylation sites is 2. The van der Waals surface area contributed by atoms with Crippen molar-refractivity contribution in [3.63, 3.8) is 0 Å². The zero-order valence-electron chi connectivity index (χ0n) is 26.1. The van der Waals surface area contributed by atoms with Crippen molar-refractivity contribution in [1.29, 1.82) is 0 Å². The zero-order valence-corrected chi connectivity index (χ0v) is 26.1. The quantitative estimate of drug-likeness (QED) is 0.150. The van der Waals surface area contributed by atoms with Crippen molar-refractivity contribution in [1.82, 2.24) is 4.90 Å². The lowest BCUT2D eigenvalue weighted by Crippen LogP contribution is -2.46. The van der Waals surface area contributed by atoms with Gasteiger partial charge >= 0.3 is 11.9 Å². The number of aliphatic carboxylic acids is 1. The van der Waals surface area contributed by atoms with Crippen LogP contribution in [0.15, 0.2) is 72.8 Å². The largest absolute Gasteiger partial charge is 0.493 e. The van der Waals surface area contributed by atoms with Crippen LogP contribution >= 0.6 is 0 Å². The van der Waals surface area contributed by atoms with Crippen LogP contribution < -0.4 is 9.64 Å². The summed E-state index contributed by atoms with van der Waals surface area (Å²) in [5, 5.41) is 18.3. The molecule has 7 nitrogen and oxygen atoms in total. The Bertz CT molecular complexity index is 1320. The number of aryl methyl sites for hydroxylation is 2. The minimum Gasteiger partial charge on any atom is -0.493 e. The van der Waals surface area contributed by atoms with Crippen LogP contribution in [0.4, 0.5) is 5.69 Å². The number of carboxylic acids is 2. The van der Waals surface area contributed by atoms with Crippen molar-refractivity contribution in [2.75, 3.05) is 44.2 Å². The van der Waals surface area contributed by atoms with Crippen LogP contribution in [0.3, 0.4) is 0 Å². The average molecular weight is 601 g/mol. The molecule has 0 amide bonds. The van der Waals surface area contributed by atoms with E-state index in [2.05, 4.69) is 59.2 Å². The van der Waals surface area contributed by atoms with Crippen LogP contribution in [0.2, 0.25) is 0 Å². The highest BCUT2D eigenvalue weighted by Crippen LogP contribution is 2.26. The van der Waals surface area contributed by atoms with Gasteiger partial charge in [-0.25, -0.2) is 4.79 Å². The van der Waals surface area contributed by atoms with Crippen molar-refractivity contribution < 1.29 is 24.5 Å². The van der Waals surface area contributed by atoms with Crippen molar-refractivity contribution in [3.05, 3.63) is 95.1 Å². The highest BCUT2D eigenvalue weighted by molar-refractivity contribution is 5.87. The number of unbranched alkanes of at least 4 members (excludes halogenated alkanes) is 2. The molecular weight excluding hydrogens is 552 g/mol. The predicted octanol–water partition coefficient (Wildman–Crippen LogP) is 7.11. The average Bonchev–Trinajstić information content (AvgIpc) is 3.03. The second kappa shape index (κ2) is 17.5. The number of carbonyl (C=O) groups is 2. The van der Waals surface area contributed by atoms with Gasteiger partial charge in [0.05, 0.1) is 12.2 Å². The molecule has 1 fully saturated rings. The first-order valence-electron chi connectivity index (χ1n) is 16.2. The summed E-state index contributed by atoms with van der Waals surface area (Å²) in [7, 11) is 0. The summed E-state index contributed by atoms with van der Waals surface area (Å²) in [6, 6.07) is 24.1. The molecule has 3 aromatic carbocycles. The van der Waals surface area contributed by atoms with Crippen molar-refractivity contribution in [3.8, 4) is 5.75 Å². The van der Waals surface area contributed by atoms with E-state index in [1.807, 2.05) is 18.2 Å². The van der Waals surface area contributed by atoms with E-state index in [1.165, 1.54) is 16.8 Å². The van der Waals surface area contributed by atoms with E-state index >= 15 is 0 Å². The Morgan fingerprint density at radius 3 is 2.27 bits per heavy atom. The smallest absolute Gasteiger partial charge is 0.335 e. The SMILES string of the molecule is Cc1ccccc1N1CCN(CCCCOc2ccccc2CCC(CCCCC(=O)O)Cc2ccc(C(=O)O)cc2)CC1. The standard InChI is InChI=1S/C37H48N2O5/c1-29-10-2-5-13-34(29)39-25-23-38(24-26-39)22-8-9-27-44-35-14-6-4-12-32(35)19-16-30(11-3-7-15-36(40)41)28-31-17-20-33(21-18-31)37(42)43/h2,4-6,10,12-14,17-18,20-21,30H,3,7-9,11,15-16,19,22-28H2,1H3,(H,40,41)(H,42,43). The van der Waals surface area contributed by atoms with Gasteiger partial charge in [0.15, 0.2) is 0 Å². The molecular formula is C37H48N2O5. The molecule has 236 valence electrons. The summed E-state index contributed by atoms with van der Waals surface area (Å²) in [4.78, 5) is 27.3. The van der Waals surface area contributed by atoms with E-state index in [9.17, 15) is 14.7 Å². The van der Waals surface area contributed by atoms with Crippen LogP contribution in [-0.2, 0) is 17.6 Å². The number of anilines is 1. The summed E-state index contributed by atoms with van der Waals surface area (Å²) in [5.74, 6) is -0.346. The molecule has 2 N–H and O–H groups in total. The Labute approximate surface area is 262 Å². The maximum absolute atomic E-state index is 11.2. The van der Waals surface area contributed by atoms with Crippen molar-refractivity contribution in [2.45, 2.75) is 64.7 Å². The fraction of sp³-hybridized carbons (Fsp3) is 0.459. The molecule has 1 heterocycles. The van der Waals surface area contributed by atoms with E-state index in [-0.39, 0.29) is 6.42 Å². The molecule has 1 aliphatic rings. The van der Waals surface area contributed by atoms with Gasteiger partial charge in [0, 0.05) is 38.3 Å². The fourth-order valence-corrected chi connectivity index (χ4v) is 6.14. The Morgan fingerprint density at radius 1 is 0.818 bits per heavy atom. The summed E-state index contributed by atoms with van der Waals surface area (Å²) >= 11 is 0. The van der Waals surface area contributed by atoms with Crippen molar-refractivity contribution in [2.24, 2.45) is 5.92 Å². The summed E-state index contributed by atoms with van der Waals surface area (Å²) in [6.07, 6.45) is 7.50. The van der Waals surface area contributed by atoms with Gasteiger partial charge in [0.2, 0.25) is 0 Å². The molecule has 0 saturated carbocycles. The number of piperazine rings is 1. The van der Waals surface area contributed by atoms with Crippen LogP contribution in [-0.4, -0.2) is 66.4 Å². The number of benzene rings is 3. The third-order valence-corrected chi connectivity index (χ3v) is 8.73. The molecule has 1 atom stereocenters. The summed E-state index contributed by atoms with van der Waals surface area (Å²) < 4.78 is 6.28. The molecule has 3 aromatic rings. The van der Waals surface area contributed by atoms with E-state index in [0.29, 0.717) is 24.5 Å². The lowest BCUT2D eigenvalue weighted by Gasteiger charge is -2.36. The van der Waals surface area contributed by atoms with Crippen LogP contribution in [0.25, 0.3) is 0 Å². The highest BCUT2D eigenvalue weighted by Gasteiger charge is 2.18. The number of carboxylic acid groups (broad SMARTS) is 2. The number of nitrogens with zero attached hydrogens (tertiary/aromatic N) is 2. The Kier molecular flexibility index (Phi) is 13.1. The highest BCUT2D eigenvalue weighted by atomic mass is 16.5. The third kappa shape index (κ3) is 10.7. The van der Waals surface area contributed by atoms with Gasteiger partial charge in [-0.1, -0.05) is 61.4 Å². The van der Waals surface area contributed by atoms with Crippen LogP contribution in [0.5, 0.6) is 5.75 Å². The minimum absolute atomic E-state index is 0.195. The normalized spacial score (nSPS) is 14.3. The van der Waals surface area contributed by atoms with Gasteiger partial charge in [0.1, 0.15) is 5.75 Å². The molecule has 1 unspecified atom stereocenters. The van der Waals surface area contributed by atoms with Crippen LogP contribution in [0, 0.1) is 12.8 Å². The lowest BCUT2D eigenvalue weighted by molar-refractivity contribution is -0.137. The van der Waals surface area contributed by atoms with Crippen LogP contribution in [0.1, 0.15) is 72.0 Å². The van der Waals surface area contributed by atoms with Gasteiger partial charge < -0.3 is 19.8 Å². The topological polar surface area (TPSA) is 90.3 Å². The fourth-order valence-electron chi connectivity index (χ4n) is 6.14. The first-order chi connectivity index (χ1) is 21.4.